The quantitative estimate of drug-likeness (QED) is 0.204. The summed E-state index contributed by atoms with van der Waals surface area (Å²) in [5.41, 5.74) is 15.5. The molecule has 0 amide bonds. The smallest absolute Gasteiger partial charge is 0.143 e. The zero-order valence-corrected chi connectivity index (χ0v) is 25.0. The van der Waals surface area contributed by atoms with Gasteiger partial charge in [-0.3, -0.25) is 9.97 Å². The first-order valence-corrected chi connectivity index (χ1v) is 15.5. The molecule has 0 atom stereocenters. The number of furan rings is 1. The maximum atomic E-state index is 6.39. The van der Waals surface area contributed by atoms with E-state index in [0.29, 0.717) is 13.2 Å². The molecule has 0 fully saturated rings. The van der Waals surface area contributed by atoms with E-state index in [4.69, 9.17) is 9.15 Å². The fourth-order valence-corrected chi connectivity index (χ4v) is 6.72. The second kappa shape index (κ2) is 11.0. The number of pyridine rings is 2. The second-order valence-corrected chi connectivity index (χ2v) is 11.8. The number of hydrogen-bond donors (Lipinski definition) is 0. The van der Waals surface area contributed by atoms with Gasteiger partial charge in [0, 0.05) is 52.3 Å². The molecule has 9 rings (SSSR count). The summed E-state index contributed by atoms with van der Waals surface area (Å²) in [6.45, 7) is 1.11. The van der Waals surface area contributed by atoms with E-state index in [1.54, 1.807) is 0 Å². The molecule has 46 heavy (non-hydrogen) atoms. The lowest BCUT2D eigenvalue weighted by molar-refractivity contribution is 0.110. The molecule has 0 unspecified atom stereocenters. The third-order valence-corrected chi connectivity index (χ3v) is 8.99. The maximum absolute atomic E-state index is 6.39. The zero-order chi connectivity index (χ0) is 30.5. The summed E-state index contributed by atoms with van der Waals surface area (Å²) < 4.78 is 12.6. The molecule has 3 aromatic heterocycles. The fraction of sp³-hybridized carbons (Fsp3) is 0.0476. The number of benzene rings is 5. The molecule has 0 spiro atoms. The predicted molar refractivity (Wildman–Crippen MR) is 185 cm³/mol. The van der Waals surface area contributed by atoms with Crippen LogP contribution in [-0.4, -0.2) is 9.97 Å². The van der Waals surface area contributed by atoms with Crippen LogP contribution in [0.3, 0.4) is 0 Å². The molecular weight excluding hydrogens is 564 g/mol. The maximum Gasteiger partial charge on any atom is 0.143 e. The first kappa shape index (κ1) is 26.6. The zero-order valence-electron chi connectivity index (χ0n) is 25.0. The molecule has 0 saturated heterocycles. The third kappa shape index (κ3) is 4.59. The number of fused-ring (bicyclic) bond motifs is 6. The molecule has 4 heterocycles. The number of hydrogen-bond acceptors (Lipinski definition) is 4. The highest BCUT2D eigenvalue weighted by Crippen LogP contribution is 2.41. The molecule has 218 valence electrons. The Labute approximate surface area is 266 Å². The van der Waals surface area contributed by atoms with Gasteiger partial charge in [0.1, 0.15) is 11.2 Å². The third-order valence-electron chi connectivity index (χ3n) is 8.99. The number of ether oxygens (including phenoxy) is 1. The van der Waals surface area contributed by atoms with Gasteiger partial charge in [-0.25, -0.2) is 0 Å². The van der Waals surface area contributed by atoms with Crippen LogP contribution in [0, 0.1) is 0 Å². The Balaban J connectivity index is 1.16. The summed E-state index contributed by atoms with van der Waals surface area (Å²) in [7, 11) is 0. The highest BCUT2D eigenvalue weighted by Gasteiger charge is 2.19. The monoisotopic (exact) mass is 592 g/mol. The Hall–Kier alpha value is -5.84. The van der Waals surface area contributed by atoms with Gasteiger partial charge in [-0.15, -0.1) is 0 Å². The summed E-state index contributed by atoms with van der Waals surface area (Å²) in [5, 5.41) is 2.27. The van der Waals surface area contributed by atoms with Crippen LogP contribution in [0.2, 0.25) is 0 Å². The summed E-state index contributed by atoms with van der Waals surface area (Å²) in [6.07, 6.45) is 7.44. The lowest BCUT2D eigenvalue weighted by Crippen LogP contribution is -1.92. The van der Waals surface area contributed by atoms with Crippen molar-refractivity contribution in [3.63, 3.8) is 0 Å². The van der Waals surface area contributed by atoms with Crippen molar-refractivity contribution in [1.29, 1.82) is 0 Å². The van der Waals surface area contributed by atoms with E-state index in [0.717, 1.165) is 66.4 Å². The van der Waals surface area contributed by atoms with Gasteiger partial charge in [-0.1, -0.05) is 72.8 Å². The molecule has 4 nitrogen and oxygen atoms in total. The molecule has 1 aliphatic heterocycles. The summed E-state index contributed by atoms with van der Waals surface area (Å²) >= 11 is 0. The molecule has 0 saturated carbocycles. The largest absolute Gasteiger partial charge is 0.455 e. The van der Waals surface area contributed by atoms with Crippen molar-refractivity contribution in [3.8, 4) is 55.6 Å². The lowest BCUT2D eigenvalue weighted by Gasteiger charge is -2.14. The minimum Gasteiger partial charge on any atom is -0.455 e. The molecule has 4 heteroatoms. The Morgan fingerprint density at radius 3 is 1.89 bits per heavy atom. The molecule has 8 aromatic rings. The van der Waals surface area contributed by atoms with Crippen LogP contribution >= 0.6 is 0 Å². The van der Waals surface area contributed by atoms with Crippen LogP contribution in [0.25, 0.3) is 77.6 Å². The van der Waals surface area contributed by atoms with Crippen LogP contribution in [0.4, 0.5) is 0 Å². The van der Waals surface area contributed by atoms with E-state index in [1.807, 2.05) is 49.1 Å². The van der Waals surface area contributed by atoms with Gasteiger partial charge in [0.15, 0.2) is 0 Å². The van der Waals surface area contributed by atoms with Gasteiger partial charge in [0.2, 0.25) is 0 Å². The number of rotatable bonds is 4. The van der Waals surface area contributed by atoms with Crippen LogP contribution in [0.15, 0.2) is 151 Å². The first-order chi connectivity index (χ1) is 22.8. The SMILES string of the molecule is c1cncc(-c2cc(-c3cccnc3)cc(-c3ccc4c(c3)COCc3ccc(-c5cccc6c5oc5ccccc56)cc3-4)c2)c1. The Bertz CT molecular complexity index is 2340. The molecule has 0 aliphatic carbocycles. The van der Waals surface area contributed by atoms with Crippen molar-refractivity contribution in [3.05, 3.63) is 157 Å². The van der Waals surface area contributed by atoms with Gasteiger partial charge in [-0.05, 0) is 98.6 Å². The van der Waals surface area contributed by atoms with E-state index in [-0.39, 0.29) is 0 Å². The summed E-state index contributed by atoms with van der Waals surface area (Å²) in [6, 6.07) is 43.0. The molecule has 0 bridgehead atoms. The summed E-state index contributed by atoms with van der Waals surface area (Å²) in [5.74, 6) is 0. The first-order valence-electron chi connectivity index (χ1n) is 15.5. The fourth-order valence-electron chi connectivity index (χ4n) is 6.72. The highest BCUT2D eigenvalue weighted by atomic mass is 16.5. The molecule has 1 aliphatic rings. The van der Waals surface area contributed by atoms with Crippen LogP contribution in [0.1, 0.15) is 11.1 Å². The Morgan fingerprint density at radius 2 is 1.13 bits per heavy atom. The van der Waals surface area contributed by atoms with E-state index in [9.17, 15) is 0 Å². The normalized spacial score (nSPS) is 12.5. The van der Waals surface area contributed by atoms with Gasteiger partial charge < -0.3 is 9.15 Å². The molecule has 0 radical (unpaired) electrons. The Morgan fingerprint density at radius 1 is 0.435 bits per heavy atom. The average molecular weight is 593 g/mol. The highest BCUT2D eigenvalue weighted by molar-refractivity contribution is 6.09. The minimum absolute atomic E-state index is 0.546. The van der Waals surface area contributed by atoms with E-state index < -0.39 is 0 Å². The molecule has 0 N–H and O–H groups in total. The second-order valence-electron chi connectivity index (χ2n) is 11.8. The van der Waals surface area contributed by atoms with Gasteiger partial charge >= 0.3 is 0 Å². The lowest BCUT2D eigenvalue weighted by atomic mass is 9.89. The predicted octanol–water partition coefficient (Wildman–Crippen LogP) is 10.7. The van der Waals surface area contributed by atoms with Crippen molar-refractivity contribution in [2.45, 2.75) is 13.2 Å². The number of aromatic nitrogens is 2. The van der Waals surface area contributed by atoms with Crippen LogP contribution in [-0.2, 0) is 18.0 Å². The Kier molecular flexibility index (Phi) is 6.32. The van der Waals surface area contributed by atoms with Crippen LogP contribution < -0.4 is 0 Å². The van der Waals surface area contributed by atoms with Crippen LogP contribution in [0.5, 0.6) is 0 Å². The van der Waals surface area contributed by atoms with Crippen molar-refractivity contribution in [1.82, 2.24) is 9.97 Å². The van der Waals surface area contributed by atoms with Crippen molar-refractivity contribution >= 4 is 21.9 Å². The van der Waals surface area contributed by atoms with Gasteiger partial charge in [0.25, 0.3) is 0 Å². The van der Waals surface area contributed by atoms with E-state index in [2.05, 4.69) is 107 Å². The van der Waals surface area contributed by atoms with Crippen molar-refractivity contribution < 1.29 is 9.15 Å². The number of para-hydroxylation sites is 2. The van der Waals surface area contributed by atoms with E-state index in [1.165, 1.54) is 22.3 Å². The topological polar surface area (TPSA) is 48.2 Å². The molecular formula is C42H28N2O2. The standard InChI is InChI=1S/C42H28N2O2/c1-2-11-41-38(8-1)39-10-3-9-37(42(39)46-41)28-12-13-31-25-45-26-35-18-27(14-15-36(35)40(31)22-28)32-19-33(29-6-4-16-43-23-29)21-34(20-32)30-7-5-17-44-24-30/h1-24H,25-26H2. The average Bonchev–Trinajstić information content (AvgIpc) is 3.41. The van der Waals surface area contributed by atoms with Crippen molar-refractivity contribution in [2.75, 3.05) is 0 Å². The minimum atomic E-state index is 0.546. The van der Waals surface area contributed by atoms with Gasteiger partial charge in [-0.2, -0.15) is 0 Å². The number of nitrogens with zero attached hydrogens (tertiary/aromatic N) is 2. The summed E-state index contributed by atoms with van der Waals surface area (Å²) in [4.78, 5) is 8.75. The molecule has 5 aromatic carbocycles. The van der Waals surface area contributed by atoms with Gasteiger partial charge in [0.05, 0.1) is 13.2 Å². The van der Waals surface area contributed by atoms with Crippen molar-refractivity contribution in [2.24, 2.45) is 0 Å². The van der Waals surface area contributed by atoms with E-state index >= 15 is 0 Å².